The third-order valence-electron chi connectivity index (χ3n) is 4.07. The monoisotopic (exact) mass is 331 g/mol. The molecule has 6 nitrogen and oxygen atoms in total. The second-order valence-electron chi connectivity index (χ2n) is 5.77. The molecule has 24 heavy (non-hydrogen) atoms. The van der Waals surface area contributed by atoms with Gasteiger partial charge in [0.1, 0.15) is 5.82 Å². The lowest BCUT2D eigenvalue weighted by atomic mass is 10.0. The molecule has 1 fully saturated rings. The number of amides is 2. The molecular formula is C17H18FN3O3. The lowest BCUT2D eigenvalue weighted by Gasteiger charge is -2.28. The molecule has 1 atom stereocenters. The second kappa shape index (κ2) is 7.25. The zero-order chi connectivity index (χ0) is 16.9. The Bertz CT molecular complexity index is 718. The topological polar surface area (TPSA) is 75.4 Å². The van der Waals surface area contributed by atoms with Crippen molar-refractivity contribution in [1.82, 2.24) is 15.4 Å². The third-order valence-corrected chi connectivity index (χ3v) is 4.07. The summed E-state index contributed by atoms with van der Waals surface area (Å²) in [5.41, 5.74) is 0.786. The van der Waals surface area contributed by atoms with Gasteiger partial charge >= 0.3 is 0 Å². The van der Waals surface area contributed by atoms with E-state index in [1.807, 2.05) is 6.07 Å². The molecule has 126 valence electrons. The van der Waals surface area contributed by atoms with Crippen LogP contribution in [0.4, 0.5) is 4.39 Å². The van der Waals surface area contributed by atoms with Crippen molar-refractivity contribution < 1.29 is 18.5 Å². The fraction of sp³-hybridized carbons (Fsp3) is 0.353. The smallest absolute Gasteiger partial charge is 0.289 e. The van der Waals surface area contributed by atoms with E-state index >= 15 is 0 Å². The van der Waals surface area contributed by atoms with Gasteiger partial charge in [0.15, 0.2) is 0 Å². The minimum absolute atomic E-state index is 0.0605. The van der Waals surface area contributed by atoms with Crippen LogP contribution in [0.1, 0.15) is 29.0 Å². The predicted octanol–water partition coefficient (Wildman–Crippen LogP) is 1.78. The molecule has 7 heteroatoms. The van der Waals surface area contributed by atoms with Gasteiger partial charge in [-0.3, -0.25) is 9.59 Å². The first kappa shape index (κ1) is 16.2. The van der Waals surface area contributed by atoms with Gasteiger partial charge in [0, 0.05) is 25.6 Å². The van der Waals surface area contributed by atoms with Crippen molar-refractivity contribution in [3.63, 3.8) is 0 Å². The van der Waals surface area contributed by atoms with E-state index in [0.717, 1.165) is 12.0 Å². The molecule has 2 amide bonds. The van der Waals surface area contributed by atoms with Crippen LogP contribution in [0, 0.1) is 5.82 Å². The van der Waals surface area contributed by atoms with Gasteiger partial charge in [-0.05, 0) is 30.5 Å². The number of nitrogens with one attached hydrogen (secondary N) is 1. The summed E-state index contributed by atoms with van der Waals surface area (Å²) in [5.74, 6) is -0.523. The zero-order valence-electron chi connectivity index (χ0n) is 13.1. The van der Waals surface area contributed by atoms with Crippen molar-refractivity contribution in [2.24, 2.45) is 0 Å². The molecule has 0 aliphatic carbocycles. The molecule has 1 aliphatic rings. The highest BCUT2D eigenvalue weighted by molar-refractivity contribution is 5.91. The van der Waals surface area contributed by atoms with Crippen molar-refractivity contribution in [2.75, 3.05) is 13.1 Å². The van der Waals surface area contributed by atoms with Crippen molar-refractivity contribution in [2.45, 2.75) is 25.3 Å². The van der Waals surface area contributed by atoms with Crippen molar-refractivity contribution in [3.05, 3.63) is 53.7 Å². The minimum atomic E-state index is -0.386. The predicted molar refractivity (Wildman–Crippen MR) is 83.7 cm³/mol. The van der Waals surface area contributed by atoms with E-state index in [0.29, 0.717) is 19.4 Å². The van der Waals surface area contributed by atoms with E-state index in [4.69, 9.17) is 4.52 Å². The van der Waals surface area contributed by atoms with Crippen LogP contribution in [0.15, 0.2) is 41.1 Å². The normalized spacial score (nSPS) is 15.5. The van der Waals surface area contributed by atoms with Gasteiger partial charge in [-0.25, -0.2) is 4.39 Å². The summed E-state index contributed by atoms with van der Waals surface area (Å²) in [6, 6.07) is 7.53. The standard InChI is InChI=1S/C17H18FN3O3/c18-13-4-1-3-12(9-13)10-14(21-8-2-5-16(21)22)11-19-17(23)15-6-7-20-24-15/h1,3-4,6-7,9,14H,2,5,8,10-11H2,(H,19,23)/t14-/m0/s1. The summed E-state index contributed by atoms with van der Waals surface area (Å²) < 4.78 is 18.2. The Labute approximate surface area is 138 Å². The number of hydrogen-bond donors (Lipinski definition) is 1. The van der Waals surface area contributed by atoms with Crippen LogP contribution in [0.5, 0.6) is 0 Å². The average Bonchev–Trinajstić information content (AvgIpc) is 3.23. The highest BCUT2D eigenvalue weighted by atomic mass is 19.1. The van der Waals surface area contributed by atoms with Gasteiger partial charge in [0.2, 0.25) is 11.7 Å². The van der Waals surface area contributed by atoms with Crippen molar-refractivity contribution >= 4 is 11.8 Å². The maximum absolute atomic E-state index is 13.4. The van der Waals surface area contributed by atoms with Crippen LogP contribution in [0.3, 0.4) is 0 Å². The van der Waals surface area contributed by atoms with Gasteiger partial charge in [-0.1, -0.05) is 17.3 Å². The molecule has 1 saturated heterocycles. The van der Waals surface area contributed by atoms with E-state index in [-0.39, 0.29) is 36.0 Å². The Balaban J connectivity index is 1.70. The van der Waals surface area contributed by atoms with Gasteiger partial charge in [0.05, 0.1) is 12.2 Å². The van der Waals surface area contributed by atoms with Crippen LogP contribution in [-0.2, 0) is 11.2 Å². The zero-order valence-corrected chi connectivity index (χ0v) is 13.1. The molecule has 1 aromatic heterocycles. The number of halogens is 1. The highest BCUT2D eigenvalue weighted by Crippen LogP contribution is 2.17. The molecule has 2 heterocycles. The van der Waals surface area contributed by atoms with Gasteiger partial charge < -0.3 is 14.7 Å². The largest absolute Gasteiger partial charge is 0.351 e. The number of nitrogens with zero attached hydrogens (tertiary/aromatic N) is 2. The Morgan fingerprint density at radius 1 is 1.42 bits per heavy atom. The maximum atomic E-state index is 13.4. The summed E-state index contributed by atoms with van der Waals surface area (Å²) in [4.78, 5) is 25.8. The molecule has 0 radical (unpaired) electrons. The maximum Gasteiger partial charge on any atom is 0.289 e. The number of carbonyl (C=O) groups excluding carboxylic acids is 2. The van der Waals surface area contributed by atoms with Crippen LogP contribution in [0.25, 0.3) is 0 Å². The Kier molecular flexibility index (Phi) is 4.88. The van der Waals surface area contributed by atoms with Crippen LogP contribution >= 0.6 is 0 Å². The first-order valence-corrected chi connectivity index (χ1v) is 7.86. The molecule has 0 saturated carbocycles. The summed E-state index contributed by atoms with van der Waals surface area (Å²) in [7, 11) is 0. The summed E-state index contributed by atoms with van der Waals surface area (Å²) in [5, 5.41) is 6.25. The molecule has 3 rings (SSSR count). The second-order valence-corrected chi connectivity index (χ2v) is 5.77. The number of hydrogen-bond acceptors (Lipinski definition) is 4. The van der Waals surface area contributed by atoms with E-state index in [1.165, 1.54) is 24.4 Å². The van der Waals surface area contributed by atoms with E-state index < -0.39 is 0 Å². The van der Waals surface area contributed by atoms with Crippen LogP contribution in [-0.4, -0.2) is 41.0 Å². The number of rotatable bonds is 6. The summed E-state index contributed by atoms with van der Waals surface area (Å²) in [6.45, 7) is 0.915. The third kappa shape index (κ3) is 3.79. The molecule has 2 aromatic rings. The van der Waals surface area contributed by atoms with Crippen molar-refractivity contribution in [3.8, 4) is 0 Å². The lowest BCUT2D eigenvalue weighted by molar-refractivity contribution is -0.129. The molecule has 0 bridgehead atoms. The fourth-order valence-electron chi connectivity index (χ4n) is 2.91. The number of benzene rings is 1. The van der Waals surface area contributed by atoms with E-state index in [1.54, 1.807) is 11.0 Å². The molecule has 0 spiro atoms. The average molecular weight is 331 g/mol. The number of aromatic nitrogens is 1. The molecule has 0 unspecified atom stereocenters. The van der Waals surface area contributed by atoms with Gasteiger partial charge in [-0.2, -0.15) is 0 Å². The molecule has 1 aromatic carbocycles. The van der Waals surface area contributed by atoms with Gasteiger partial charge in [-0.15, -0.1) is 0 Å². The van der Waals surface area contributed by atoms with E-state index in [2.05, 4.69) is 10.5 Å². The first-order valence-electron chi connectivity index (χ1n) is 7.86. The van der Waals surface area contributed by atoms with E-state index in [9.17, 15) is 14.0 Å². The first-order chi connectivity index (χ1) is 11.6. The molecular weight excluding hydrogens is 313 g/mol. The van der Waals surface area contributed by atoms with Crippen LogP contribution < -0.4 is 5.32 Å². The van der Waals surface area contributed by atoms with Crippen molar-refractivity contribution in [1.29, 1.82) is 0 Å². The Morgan fingerprint density at radius 2 is 2.29 bits per heavy atom. The Morgan fingerprint density at radius 3 is 2.96 bits per heavy atom. The quantitative estimate of drug-likeness (QED) is 0.875. The summed E-state index contributed by atoms with van der Waals surface area (Å²) >= 11 is 0. The molecule has 1 N–H and O–H groups in total. The number of likely N-dealkylation sites (tertiary alicyclic amines) is 1. The van der Waals surface area contributed by atoms with Crippen LogP contribution in [0.2, 0.25) is 0 Å². The lowest BCUT2D eigenvalue weighted by Crippen LogP contribution is -2.45. The number of carbonyl (C=O) groups is 2. The van der Waals surface area contributed by atoms with Gasteiger partial charge in [0.25, 0.3) is 5.91 Å². The Hall–Kier alpha value is -2.70. The molecule has 1 aliphatic heterocycles. The highest BCUT2D eigenvalue weighted by Gasteiger charge is 2.28. The summed E-state index contributed by atoms with van der Waals surface area (Å²) in [6.07, 6.45) is 3.17. The fourth-order valence-corrected chi connectivity index (χ4v) is 2.91. The minimum Gasteiger partial charge on any atom is -0.351 e. The SMILES string of the molecule is O=C(NC[C@H](Cc1cccc(F)c1)N1CCCC1=O)c1ccno1.